The van der Waals surface area contributed by atoms with Gasteiger partial charge < -0.3 is 11.5 Å². The van der Waals surface area contributed by atoms with Crippen LogP contribution in [0.25, 0.3) is 0 Å². The lowest BCUT2D eigenvalue weighted by atomic mass is 10.2. The molecule has 1 aromatic carbocycles. The topological polar surface area (TPSA) is 69.9 Å². The number of nitrogen functional groups attached to an aromatic ring is 2. The van der Waals surface area contributed by atoms with Crippen molar-refractivity contribution in [2.75, 3.05) is 11.5 Å². The summed E-state index contributed by atoms with van der Waals surface area (Å²) in [7, 11) is 0. The average Bonchev–Trinajstić information content (AvgIpc) is 2.53. The van der Waals surface area contributed by atoms with Gasteiger partial charge in [0, 0.05) is 5.02 Å². The molecule has 0 saturated heterocycles. The standard InChI is InChI=1S/C10H11ClN4/c11-8-3-1-7(2-4-8)6-15-10(13)9(12)5-14-15/h1-5H,6,12-13H2. The summed E-state index contributed by atoms with van der Waals surface area (Å²) in [6.07, 6.45) is 1.55. The number of benzene rings is 1. The van der Waals surface area contributed by atoms with Crippen molar-refractivity contribution in [3.8, 4) is 0 Å². The van der Waals surface area contributed by atoms with Gasteiger partial charge in [-0.2, -0.15) is 5.10 Å². The van der Waals surface area contributed by atoms with Gasteiger partial charge in [-0.3, -0.25) is 0 Å². The van der Waals surface area contributed by atoms with E-state index in [1.54, 1.807) is 10.9 Å². The molecule has 0 aliphatic carbocycles. The van der Waals surface area contributed by atoms with Crippen molar-refractivity contribution in [3.63, 3.8) is 0 Å². The summed E-state index contributed by atoms with van der Waals surface area (Å²) in [6.45, 7) is 0.597. The third-order valence-electron chi connectivity index (χ3n) is 2.16. The SMILES string of the molecule is Nc1cnn(Cc2ccc(Cl)cc2)c1N. The summed E-state index contributed by atoms with van der Waals surface area (Å²) >= 11 is 5.78. The molecule has 0 spiro atoms. The molecule has 0 saturated carbocycles. The summed E-state index contributed by atoms with van der Waals surface area (Å²) in [5, 5.41) is 4.78. The number of halogens is 1. The molecule has 1 heterocycles. The highest BCUT2D eigenvalue weighted by Gasteiger charge is 2.03. The quantitative estimate of drug-likeness (QED) is 0.813. The van der Waals surface area contributed by atoms with Gasteiger partial charge in [-0.25, -0.2) is 4.68 Å². The Balaban J connectivity index is 2.22. The minimum atomic E-state index is 0.491. The number of anilines is 2. The van der Waals surface area contributed by atoms with E-state index < -0.39 is 0 Å². The van der Waals surface area contributed by atoms with Crippen LogP contribution in [-0.4, -0.2) is 9.78 Å². The van der Waals surface area contributed by atoms with E-state index in [4.69, 9.17) is 23.1 Å². The van der Waals surface area contributed by atoms with Gasteiger partial charge in [0.15, 0.2) is 0 Å². The zero-order chi connectivity index (χ0) is 10.8. The molecule has 4 N–H and O–H groups in total. The van der Waals surface area contributed by atoms with Crippen molar-refractivity contribution in [1.82, 2.24) is 9.78 Å². The third kappa shape index (κ3) is 2.05. The van der Waals surface area contributed by atoms with Gasteiger partial charge in [0.05, 0.1) is 18.4 Å². The molecule has 1 aromatic heterocycles. The molecule has 4 nitrogen and oxygen atoms in total. The molecule has 0 unspecified atom stereocenters. The lowest BCUT2D eigenvalue weighted by molar-refractivity contribution is 0.697. The molecule has 0 fully saturated rings. The van der Waals surface area contributed by atoms with Crippen molar-refractivity contribution in [2.45, 2.75) is 6.54 Å². The first kappa shape index (κ1) is 9.86. The predicted molar refractivity (Wildman–Crippen MR) is 61.6 cm³/mol. The molecule has 2 aromatic rings. The fraction of sp³-hybridized carbons (Fsp3) is 0.100. The number of nitrogens with zero attached hydrogens (tertiary/aromatic N) is 2. The van der Waals surface area contributed by atoms with Gasteiger partial charge in [0.2, 0.25) is 0 Å². The number of rotatable bonds is 2. The Hall–Kier alpha value is -1.68. The second kappa shape index (κ2) is 3.82. The summed E-state index contributed by atoms with van der Waals surface area (Å²) < 4.78 is 1.65. The van der Waals surface area contributed by atoms with E-state index in [9.17, 15) is 0 Å². The molecule has 0 amide bonds. The maximum absolute atomic E-state index is 5.78. The minimum absolute atomic E-state index is 0.491. The maximum atomic E-state index is 5.78. The fourth-order valence-electron chi connectivity index (χ4n) is 1.30. The molecule has 78 valence electrons. The van der Waals surface area contributed by atoms with E-state index in [-0.39, 0.29) is 0 Å². The summed E-state index contributed by atoms with van der Waals surface area (Å²) in [5.41, 5.74) is 12.9. The van der Waals surface area contributed by atoms with Crippen LogP contribution in [0.3, 0.4) is 0 Å². The lowest BCUT2D eigenvalue weighted by Crippen LogP contribution is -2.06. The zero-order valence-electron chi connectivity index (χ0n) is 8.02. The Kier molecular flexibility index (Phi) is 2.51. The number of hydrogen-bond donors (Lipinski definition) is 2. The predicted octanol–water partition coefficient (Wildman–Crippen LogP) is 1.75. The first-order chi connectivity index (χ1) is 7.16. The van der Waals surface area contributed by atoms with Crippen molar-refractivity contribution >= 4 is 23.1 Å². The van der Waals surface area contributed by atoms with Crippen molar-refractivity contribution in [1.29, 1.82) is 0 Å². The highest BCUT2D eigenvalue weighted by Crippen LogP contribution is 2.15. The Bertz CT molecular complexity index is 461. The molecule has 5 heteroatoms. The van der Waals surface area contributed by atoms with Crippen LogP contribution >= 0.6 is 11.6 Å². The van der Waals surface area contributed by atoms with E-state index in [0.717, 1.165) is 5.56 Å². The van der Waals surface area contributed by atoms with Gasteiger partial charge in [-0.05, 0) is 17.7 Å². The van der Waals surface area contributed by atoms with Crippen LogP contribution in [0.5, 0.6) is 0 Å². The molecular weight excluding hydrogens is 212 g/mol. The molecule has 0 aliphatic rings. The molecule has 0 bridgehead atoms. The van der Waals surface area contributed by atoms with Crippen LogP contribution in [0.15, 0.2) is 30.5 Å². The second-order valence-electron chi connectivity index (χ2n) is 3.27. The highest BCUT2D eigenvalue weighted by molar-refractivity contribution is 6.30. The lowest BCUT2D eigenvalue weighted by Gasteiger charge is -2.04. The van der Waals surface area contributed by atoms with Gasteiger partial charge in [0.25, 0.3) is 0 Å². The smallest absolute Gasteiger partial charge is 0.145 e. The normalized spacial score (nSPS) is 10.5. The molecule has 0 radical (unpaired) electrons. The van der Waals surface area contributed by atoms with Crippen LogP contribution in [0.2, 0.25) is 5.02 Å². The molecule has 2 rings (SSSR count). The molecule has 0 atom stereocenters. The van der Waals surface area contributed by atoms with Crippen LogP contribution in [0, 0.1) is 0 Å². The largest absolute Gasteiger partial charge is 0.394 e. The van der Waals surface area contributed by atoms with E-state index in [1.165, 1.54) is 0 Å². The van der Waals surface area contributed by atoms with Crippen molar-refractivity contribution in [3.05, 3.63) is 41.0 Å². The molecule has 0 aliphatic heterocycles. The van der Waals surface area contributed by atoms with Crippen LogP contribution in [0.4, 0.5) is 11.5 Å². The molecule has 15 heavy (non-hydrogen) atoms. The minimum Gasteiger partial charge on any atom is -0.394 e. The Morgan fingerprint density at radius 1 is 1.20 bits per heavy atom. The van der Waals surface area contributed by atoms with Crippen molar-refractivity contribution in [2.24, 2.45) is 0 Å². The van der Waals surface area contributed by atoms with Gasteiger partial charge >= 0.3 is 0 Å². The van der Waals surface area contributed by atoms with Gasteiger partial charge in [-0.15, -0.1) is 0 Å². The Labute approximate surface area is 92.4 Å². The fourth-order valence-corrected chi connectivity index (χ4v) is 1.42. The number of nitrogens with two attached hydrogens (primary N) is 2. The summed E-state index contributed by atoms with van der Waals surface area (Å²) in [5.74, 6) is 0.491. The first-order valence-electron chi connectivity index (χ1n) is 4.48. The number of hydrogen-bond acceptors (Lipinski definition) is 3. The van der Waals surface area contributed by atoms with Gasteiger partial charge in [0.1, 0.15) is 5.82 Å². The number of aromatic nitrogens is 2. The highest BCUT2D eigenvalue weighted by atomic mass is 35.5. The molecular formula is C10H11ClN4. The van der Waals surface area contributed by atoms with Crippen LogP contribution < -0.4 is 11.5 Å². The second-order valence-corrected chi connectivity index (χ2v) is 3.71. The van der Waals surface area contributed by atoms with E-state index in [1.807, 2.05) is 24.3 Å². The average molecular weight is 223 g/mol. The van der Waals surface area contributed by atoms with Crippen molar-refractivity contribution < 1.29 is 0 Å². The monoisotopic (exact) mass is 222 g/mol. The third-order valence-corrected chi connectivity index (χ3v) is 2.41. The Morgan fingerprint density at radius 2 is 1.87 bits per heavy atom. The van der Waals surface area contributed by atoms with Gasteiger partial charge in [-0.1, -0.05) is 23.7 Å². The maximum Gasteiger partial charge on any atom is 0.145 e. The van der Waals surface area contributed by atoms with E-state index >= 15 is 0 Å². The summed E-state index contributed by atoms with van der Waals surface area (Å²) in [4.78, 5) is 0. The summed E-state index contributed by atoms with van der Waals surface area (Å²) in [6, 6.07) is 7.53. The van der Waals surface area contributed by atoms with E-state index in [0.29, 0.717) is 23.1 Å². The Morgan fingerprint density at radius 3 is 2.40 bits per heavy atom. The zero-order valence-corrected chi connectivity index (χ0v) is 8.78. The van der Waals surface area contributed by atoms with E-state index in [2.05, 4.69) is 5.10 Å². The van der Waals surface area contributed by atoms with Crippen LogP contribution in [0.1, 0.15) is 5.56 Å². The first-order valence-corrected chi connectivity index (χ1v) is 4.86. The van der Waals surface area contributed by atoms with Crippen LogP contribution in [-0.2, 0) is 6.54 Å².